The predicted molar refractivity (Wildman–Crippen MR) is 105 cm³/mol. The predicted octanol–water partition coefficient (Wildman–Crippen LogP) is 5.43. The van der Waals surface area contributed by atoms with E-state index in [0.29, 0.717) is 13.2 Å². The first kappa shape index (κ1) is 20.1. The molecule has 0 bridgehead atoms. The van der Waals surface area contributed by atoms with Gasteiger partial charge in [0.15, 0.2) is 0 Å². The van der Waals surface area contributed by atoms with Crippen LogP contribution in [0, 0.1) is 5.82 Å². The third kappa shape index (κ3) is 4.49. The molecule has 1 unspecified atom stereocenters. The molecule has 0 aliphatic carbocycles. The SMILES string of the molecule is CC.CNCCCC1(c2ccc(F)cc2)COCc2cc(Br)ccc21. The average Bonchev–Trinajstić information content (AvgIpc) is 2.64. The summed E-state index contributed by atoms with van der Waals surface area (Å²) in [6, 6.07) is 13.3. The summed E-state index contributed by atoms with van der Waals surface area (Å²) in [7, 11) is 1.97. The number of nitrogens with one attached hydrogen (secondary N) is 1. The van der Waals surface area contributed by atoms with Crippen LogP contribution < -0.4 is 5.32 Å². The van der Waals surface area contributed by atoms with Crippen LogP contribution in [-0.2, 0) is 16.8 Å². The molecule has 1 heterocycles. The molecule has 25 heavy (non-hydrogen) atoms. The lowest BCUT2D eigenvalue weighted by molar-refractivity contribution is 0.0613. The zero-order valence-corrected chi connectivity index (χ0v) is 16.8. The second kappa shape index (κ2) is 9.46. The molecule has 136 valence electrons. The number of rotatable bonds is 5. The molecular weight excluding hydrogens is 381 g/mol. The van der Waals surface area contributed by atoms with Crippen molar-refractivity contribution in [3.05, 3.63) is 69.4 Å². The van der Waals surface area contributed by atoms with Gasteiger partial charge in [-0.25, -0.2) is 4.39 Å². The Morgan fingerprint density at radius 1 is 1.16 bits per heavy atom. The van der Waals surface area contributed by atoms with Crippen LogP contribution in [0.1, 0.15) is 43.4 Å². The quantitative estimate of drug-likeness (QED) is 0.667. The Kier molecular flexibility index (Phi) is 7.60. The molecule has 0 spiro atoms. The van der Waals surface area contributed by atoms with Gasteiger partial charge in [0.05, 0.1) is 13.2 Å². The summed E-state index contributed by atoms with van der Waals surface area (Å²) in [6.07, 6.45) is 2.00. The van der Waals surface area contributed by atoms with Gasteiger partial charge >= 0.3 is 0 Å². The summed E-state index contributed by atoms with van der Waals surface area (Å²) >= 11 is 3.54. The molecule has 4 heteroatoms. The fourth-order valence-corrected chi connectivity index (χ4v) is 3.90. The van der Waals surface area contributed by atoms with Crippen LogP contribution in [0.3, 0.4) is 0 Å². The zero-order chi connectivity index (χ0) is 18.3. The molecule has 1 atom stereocenters. The van der Waals surface area contributed by atoms with E-state index in [2.05, 4.69) is 39.4 Å². The second-order valence-corrected chi connectivity index (χ2v) is 7.01. The van der Waals surface area contributed by atoms with E-state index < -0.39 is 0 Å². The van der Waals surface area contributed by atoms with Gasteiger partial charge < -0.3 is 10.1 Å². The van der Waals surface area contributed by atoms with E-state index in [1.54, 1.807) is 12.1 Å². The highest BCUT2D eigenvalue weighted by Crippen LogP contribution is 2.42. The van der Waals surface area contributed by atoms with Gasteiger partial charge in [-0.05, 0) is 67.4 Å². The third-order valence-electron chi connectivity index (χ3n) is 4.62. The Morgan fingerprint density at radius 2 is 1.88 bits per heavy atom. The van der Waals surface area contributed by atoms with Crippen LogP contribution in [0.2, 0.25) is 0 Å². The highest BCUT2D eigenvalue weighted by atomic mass is 79.9. The lowest BCUT2D eigenvalue weighted by Gasteiger charge is -2.40. The normalized spacial score (nSPS) is 18.9. The third-order valence-corrected chi connectivity index (χ3v) is 5.11. The van der Waals surface area contributed by atoms with Gasteiger partial charge in [0.1, 0.15) is 5.82 Å². The molecule has 3 rings (SSSR count). The Hall–Kier alpha value is -1.23. The van der Waals surface area contributed by atoms with Gasteiger partial charge in [-0.1, -0.05) is 48.0 Å². The van der Waals surface area contributed by atoms with Crippen molar-refractivity contribution in [3.8, 4) is 0 Å². The molecule has 1 aliphatic rings. The Bertz CT molecular complexity index is 674. The van der Waals surface area contributed by atoms with Crippen LogP contribution in [0.5, 0.6) is 0 Å². The fraction of sp³-hybridized carbons (Fsp3) is 0.429. The van der Waals surface area contributed by atoms with E-state index in [0.717, 1.165) is 29.4 Å². The van der Waals surface area contributed by atoms with Gasteiger partial charge in [-0.15, -0.1) is 0 Å². The fourth-order valence-electron chi connectivity index (χ4n) is 3.49. The number of hydrogen-bond acceptors (Lipinski definition) is 2. The van der Waals surface area contributed by atoms with Crippen molar-refractivity contribution in [2.24, 2.45) is 0 Å². The molecule has 1 N–H and O–H groups in total. The van der Waals surface area contributed by atoms with Crippen LogP contribution in [0.4, 0.5) is 4.39 Å². The van der Waals surface area contributed by atoms with Gasteiger partial charge in [0.25, 0.3) is 0 Å². The number of halogens is 2. The first-order chi connectivity index (χ1) is 12.2. The van der Waals surface area contributed by atoms with Crippen LogP contribution in [0.25, 0.3) is 0 Å². The van der Waals surface area contributed by atoms with E-state index >= 15 is 0 Å². The number of ether oxygens (including phenoxy) is 1. The summed E-state index contributed by atoms with van der Waals surface area (Å²) in [5.41, 5.74) is 3.42. The molecule has 0 aromatic heterocycles. The summed E-state index contributed by atoms with van der Waals surface area (Å²) < 4.78 is 20.4. The van der Waals surface area contributed by atoms with E-state index in [1.165, 1.54) is 11.1 Å². The second-order valence-electron chi connectivity index (χ2n) is 6.09. The lowest BCUT2D eigenvalue weighted by atomic mass is 9.69. The molecular formula is C21H27BrFNO. The highest BCUT2D eigenvalue weighted by molar-refractivity contribution is 9.10. The number of hydrogen-bond donors (Lipinski definition) is 1. The monoisotopic (exact) mass is 407 g/mol. The Labute approximate surface area is 158 Å². The molecule has 0 fully saturated rings. The van der Waals surface area contributed by atoms with Crippen molar-refractivity contribution in [3.63, 3.8) is 0 Å². The first-order valence-corrected chi connectivity index (χ1v) is 9.72. The maximum absolute atomic E-state index is 13.4. The molecule has 1 aliphatic heterocycles. The minimum absolute atomic E-state index is 0.202. The summed E-state index contributed by atoms with van der Waals surface area (Å²) in [4.78, 5) is 0. The van der Waals surface area contributed by atoms with E-state index in [4.69, 9.17) is 4.74 Å². The van der Waals surface area contributed by atoms with Crippen molar-refractivity contribution >= 4 is 15.9 Å². The minimum Gasteiger partial charge on any atom is -0.375 e. The molecule has 0 radical (unpaired) electrons. The largest absolute Gasteiger partial charge is 0.375 e. The summed E-state index contributed by atoms with van der Waals surface area (Å²) in [5.74, 6) is -0.202. The van der Waals surface area contributed by atoms with Crippen molar-refractivity contribution in [1.29, 1.82) is 0 Å². The van der Waals surface area contributed by atoms with Gasteiger partial charge in [-0.3, -0.25) is 0 Å². The van der Waals surface area contributed by atoms with Crippen molar-refractivity contribution in [2.45, 2.75) is 38.7 Å². The van der Waals surface area contributed by atoms with Gasteiger partial charge in [-0.2, -0.15) is 0 Å². The molecule has 0 saturated heterocycles. The number of benzene rings is 2. The summed E-state index contributed by atoms with van der Waals surface area (Å²) in [6.45, 7) is 6.22. The van der Waals surface area contributed by atoms with E-state index in [1.807, 2.05) is 33.0 Å². The standard InChI is InChI=1S/C19H21BrFNO.C2H6/c1-22-10-2-9-19(15-3-6-17(21)7-4-15)13-23-12-14-11-16(20)5-8-18(14)19;1-2/h3-8,11,22H,2,9-10,12-13H2,1H3;1-2H3. The smallest absolute Gasteiger partial charge is 0.123 e. The molecule has 0 saturated carbocycles. The highest BCUT2D eigenvalue weighted by Gasteiger charge is 2.38. The van der Waals surface area contributed by atoms with E-state index in [-0.39, 0.29) is 11.2 Å². The van der Waals surface area contributed by atoms with Crippen molar-refractivity contribution in [2.75, 3.05) is 20.2 Å². The maximum Gasteiger partial charge on any atom is 0.123 e. The Morgan fingerprint density at radius 3 is 2.56 bits per heavy atom. The van der Waals surface area contributed by atoms with Crippen LogP contribution >= 0.6 is 15.9 Å². The molecule has 2 nitrogen and oxygen atoms in total. The van der Waals surface area contributed by atoms with Gasteiger partial charge in [0.2, 0.25) is 0 Å². The lowest BCUT2D eigenvalue weighted by Crippen LogP contribution is -2.38. The molecule has 2 aromatic carbocycles. The molecule has 0 amide bonds. The average molecular weight is 408 g/mol. The van der Waals surface area contributed by atoms with Crippen molar-refractivity contribution in [1.82, 2.24) is 5.32 Å². The maximum atomic E-state index is 13.4. The van der Waals surface area contributed by atoms with Crippen molar-refractivity contribution < 1.29 is 9.13 Å². The summed E-state index contributed by atoms with van der Waals surface area (Å²) in [5, 5.41) is 3.21. The van der Waals surface area contributed by atoms with E-state index in [9.17, 15) is 4.39 Å². The van der Waals surface area contributed by atoms with Crippen LogP contribution in [0.15, 0.2) is 46.9 Å². The Balaban J connectivity index is 0.00000109. The zero-order valence-electron chi connectivity index (χ0n) is 15.2. The number of fused-ring (bicyclic) bond motifs is 1. The first-order valence-electron chi connectivity index (χ1n) is 8.93. The molecule has 2 aromatic rings. The topological polar surface area (TPSA) is 21.3 Å². The van der Waals surface area contributed by atoms with Gasteiger partial charge in [0, 0.05) is 9.89 Å². The minimum atomic E-state index is -0.209. The van der Waals surface area contributed by atoms with Crippen LogP contribution in [-0.4, -0.2) is 20.2 Å².